The summed E-state index contributed by atoms with van der Waals surface area (Å²) >= 11 is 0. The highest BCUT2D eigenvalue weighted by atomic mass is 16.1. The Bertz CT molecular complexity index is 386. The molecule has 1 aliphatic rings. The normalized spacial score (nSPS) is 13.6. The molecule has 1 N–H and O–H groups in total. The van der Waals surface area contributed by atoms with Crippen molar-refractivity contribution in [1.82, 2.24) is 4.98 Å². The van der Waals surface area contributed by atoms with Gasteiger partial charge in [-0.2, -0.15) is 0 Å². The summed E-state index contributed by atoms with van der Waals surface area (Å²) in [4.78, 5) is 15.7. The van der Waals surface area contributed by atoms with Crippen LogP contribution in [0.5, 0.6) is 0 Å². The average Bonchev–Trinajstić information content (AvgIpc) is 2.30. The first kappa shape index (κ1) is 13.7. The van der Waals surface area contributed by atoms with E-state index in [1.165, 1.54) is 0 Å². The number of nitrogens with one attached hydrogen (secondary N) is 1. The van der Waals surface area contributed by atoms with Crippen molar-refractivity contribution in [1.29, 1.82) is 0 Å². The largest absolute Gasteiger partial charge is 0.310 e. The monoisotopic (exact) mass is 234 g/mol. The number of rotatable bonds is 2. The molecule has 0 bridgehead atoms. The lowest BCUT2D eigenvalue weighted by Gasteiger charge is -2.16. The summed E-state index contributed by atoms with van der Waals surface area (Å²) < 4.78 is 0. The maximum absolute atomic E-state index is 11.2. The molecule has 1 amide bonds. The van der Waals surface area contributed by atoms with E-state index >= 15 is 0 Å². The third-order valence-corrected chi connectivity index (χ3v) is 2.53. The standard InChI is InChI=1S/C12H16N2O.C2H6/c1-8(2)7-10-5-3-9-4-6-11(15)14-12(9)13-10;1-2/h3,5,8H,4,6-7H2,1-2H3,(H,13,14,15);1-2H3. The van der Waals surface area contributed by atoms with E-state index in [2.05, 4.69) is 36.3 Å². The lowest BCUT2D eigenvalue weighted by Crippen LogP contribution is -2.20. The Balaban J connectivity index is 0.000000686. The number of carbonyl (C=O) groups excluding carboxylic acids is 1. The molecule has 0 radical (unpaired) electrons. The van der Waals surface area contributed by atoms with Gasteiger partial charge in [-0.1, -0.05) is 33.8 Å². The highest BCUT2D eigenvalue weighted by Crippen LogP contribution is 2.21. The van der Waals surface area contributed by atoms with E-state index in [0.29, 0.717) is 12.3 Å². The van der Waals surface area contributed by atoms with Crippen LogP contribution in [0.2, 0.25) is 0 Å². The van der Waals surface area contributed by atoms with Gasteiger partial charge in [0.05, 0.1) is 0 Å². The van der Waals surface area contributed by atoms with Gasteiger partial charge in [0, 0.05) is 12.1 Å². The zero-order valence-electron chi connectivity index (χ0n) is 11.2. The molecule has 0 aliphatic carbocycles. The average molecular weight is 234 g/mol. The molecule has 2 rings (SSSR count). The highest BCUT2D eigenvalue weighted by Gasteiger charge is 2.16. The summed E-state index contributed by atoms with van der Waals surface area (Å²) in [6.45, 7) is 8.33. The molecule has 0 saturated carbocycles. The molecule has 94 valence electrons. The third kappa shape index (κ3) is 3.84. The van der Waals surface area contributed by atoms with E-state index in [0.717, 1.165) is 29.9 Å². The molecule has 1 aromatic rings. The number of pyridine rings is 1. The molecule has 3 heteroatoms. The number of fused-ring (bicyclic) bond motifs is 1. The number of hydrogen-bond donors (Lipinski definition) is 1. The summed E-state index contributed by atoms with van der Waals surface area (Å²) in [5.41, 5.74) is 2.22. The summed E-state index contributed by atoms with van der Waals surface area (Å²) in [6.07, 6.45) is 2.36. The van der Waals surface area contributed by atoms with Crippen LogP contribution in [0.4, 0.5) is 5.82 Å². The second-order valence-corrected chi connectivity index (χ2v) is 4.46. The van der Waals surface area contributed by atoms with Crippen molar-refractivity contribution in [2.24, 2.45) is 5.92 Å². The van der Waals surface area contributed by atoms with Gasteiger partial charge in [-0.15, -0.1) is 0 Å². The Hall–Kier alpha value is -1.38. The van der Waals surface area contributed by atoms with Gasteiger partial charge in [0.15, 0.2) is 0 Å². The van der Waals surface area contributed by atoms with Gasteiger partial charge in [-0.3, -0.25) is 4.79 Å². The van der Waals surface area contributed by atoms with E-state index < -0.39 is 0 Å². The van der Waals surface area contributed by atoms with Crippen LogP contribution in [-0.4, -0.2) is 10.9 Å². The lowest BCUT2D eigenvalue weighted by atomic mass is 10.0. The maximum atomic E-state index is 11.2. The smallest absolute Gasteiger partial charge is 0.225 e. The Morgan fingerprint density at radius 3 is 2.65 bits per heavy atom. The molecule has 0 aromatic carbocycles. The number of amides is 1. The minimum Gasteiger partial charge on any atom is -0.310 e. The van der Waals surface area contributed by atoms with Crippen LogP contribution in [0.15, 0.2) is 12.1 Å². The van der Waals surface area contributed by atoms with Gasteiger partial charge in [-0.25, -0.2) is 4.98 Å². The Labute approximate surface area is 104 Å². The molecule has 2 heterocycles. The Morgan fingerprint density at radius 2 is 2.00 bits per heavy atom. The first-order chi connectivity index (χ1) is 8.15. The second-order valence-electron chi connectivity index (χ2n) is 4.46. The molecular weight excluding hydrogens is 212 g/mol. The number of hydrogen-bond acceptors (Lipinski definition) is 2. The third-order valence-electron chi connectivity index (χ3n) is 2.53. The quantitative estimate of drug-likeness (QED) is 0.854. The Kier molecular flexibility index (Phi) is 5.13. The molecule has 0 unspecified atom stereocenters. The van der Waals surface area contributed by atoms with Crippen molar-refractivity contribution in [3.05, 3.63) is 23.4 Å². The molecule has 0 atom stereocenters. The summed E-state index contributed by atoms with van der Waals surface area (Å²) in [5.74, 6) is 1.44. The van der Waals surface area contributed by atoms with Crippen molar-refractivity contribution >= 4 is 11.7 Å². The van der Waals surface area contributed by atoms with Crippen LogP contribution < -0.4 is 5.32 Å². The predicted octanol–water partition coefficient (Wildman–Crippen LogP) is 3.19. The number of anilines is 1. The van der Waals surface area contributed by atoms with E-state index in [4.69, 9.17) is 0 Å². The van der Waals surface area contributed by atoms with Crippen LogP contribution in [-0.2, 0) is 17.6 Å². The first-order valence-electron chi connectivity index (χ1n) is 6.44. The van der Waals surface area contributed by atoms with Gasteiger partial charge < -0.3 is 5.32 Å². The fourth-order valence-electron chi connectivity index (χ4n) is 1.81. The van der Waals surface area contributed by atoms with E-state index in [-0.39, 0.29) is 5.91 Å². The lowest BCUT2D eigenvalue weighted by molar-refractivity contribution is -0.116. The van der Waals surface area contributed by atoms with E-state index in [1.807, 2.05) is 13.8 Å². The number of aryl methyl sites for hydroxylation is 1. The molecular formula is C14H22N2O. The molecule has 1 aliphatic heterocycles. The van der Waals surface area contributed by atoms with Crippen LogP contribution >= 0.6 is 0 Å². The molecule has 0 fully saturated rings. The van der Waals surface area contributed by atoms with Gasteiger partial charge >= 0.3 is 0 Å². The molecule has 1 aromatic heterocycles. The van der Waals surface area contributed by atoms with Crippen molar-refractivity contribution in [2.45, 2.75) is 47.0 Å². The summed E-state index contributed by atoms with van der Waals surface area (Å²) in [7, 11) is 0. The van der Waals surface area contributed by atoms with Gasteiger partial charge in [0.2, 0.25) is 5.91 Å². The van der Waals surface area contributed by atoms with Crippen LogP contribution in [0.25, 0.3) is 0 Å². The van der Waals surface area contributed by atoms with Gasteiger partial charge in [0.1, 0.15) is 5.82 Å². The molecule has 3 nitrogen and oxygen atoms in total. The zero-order chi connectivity index (χ0) is 12.8. The zero-order valence-corrected chi connectivity index (χ0v) is 11.2. The van der Waals surface area contributed by atoms with Crippen LogP contribution in [0.1, 0.15) is 45.4 Å². The van der Waals surface area contributed by atoms with Crippen LogP contribution in [0.3, 0.4) is 0 Å². The van der Waals surface area contributed by atoms with Crippen molar-refractivity contribution in [3.63, 3.8) is 0 Å². The number of carbonyl (C=O) groups is 1. The fourth-order valence-corrected chi connectivity index (χ4v) is 1.81. The highest BCUT2D eigenvalue weighted by molar-refractivity contribution is 5.92. The fraction of sp³-hybridized carbons (Fsp3) is 0.571. The predicted molar refractivity (Wildman–Crippen MR) is 71.1 cm³/mol. The van der Waals surface area contributed by atoms with Crippen molar-refractivity contribution in [3.8, 4) is 0 Å². The van der Waals surface area contributed by atoms with Gasteiger partial charge in [-0.05, 0) is 30.4 Å². The van der Waals surface area contributed by atoms with E-state index in [1.54, 1.807) is 0 Å². The maximum Gasteiger partial charge on any atom is 0.225 e. The number of aromatic nitrogens is 1. The topological polar surface area (TPSA) is 42.0 Å². The second kappa shape index (κ2) is 6.38. The van der Waals surface area contributed by atoms with Crippen LogP contribution in [0, 0.1) is 5.92 Å². The van der Waals surface area contributed by atoms with Crippen molar-refractivity contribution < 1.29 is 4.79 Å². The minimum absolute atomic E-state index is 0.0803. The van der Waals surface area contributed by atoms with E-state index in [9.17, 15) is 4.79 Å². The van der Waals surface area contributed by atoms with Gasteiger partial charge in [0.25, 0.3) is 0 Å². The molecule has 0 spiro atoms. The Morgan fingerprint density at radius 1 is 1.29 bits per heavy atom. The summed E-state index contributed by atoms with van der Waals surface area (Å²) in [6, 6.07) is 4.15. The molecule has 0 saturated heterocycles. The minimum atomic E-state index is 0.0803. The van der Waals surface area contributed by atoms with Crippen molar-refractivity contribution in [2.75, 3.05) is 5.32 Å². The summed E-state index contributed by atoms with van der Waals surface area (Å²) in [5, 5.41) is 2.82. The SMILES string of the molecule is CC.CC(C)Cc1ccc2c(n1)NC(=O)CC2. The first-order valence-corrected chi connectivity index (χ1v) is 6.44. The number of nitrogens with zero attached hydrogens (tertiary/aromatic N) is 1. The molecule has 17 heavy (non-hydrogen) atoms.